The van der Waals surface area contributed by atoms with Crippen LogP contribution in [0.5, 0.6) is 5.75 Å². The monoisotopic (exact) mass is 397 g/mol. The van der Waals surface area contributed by atoms with Crippen molar-refractivity contribution in [3.8, 4) is 5.75 Å². The van der Waals surface area contributed by atoms with E-state index in [0.717, 1.165) is 37.8 Å². The van der Waals surface area contributed by atoms with Crippen LogP contribution in [0, 0.1) is 23.2 Å². The molecule has 0 aromatic heterocycles. The van der Waals surface area contributed by atoms with E-state index < -0.39 is 6.04 Å². The Labute approximate surface area is 174 Å². The second-order valence-electron chi connectivity index (χ2n) is 10.1. The number of aryl methyl sites for hydroxylation is 1. The lowest BCUT2D eigenvalue weighted by atomic mass is 9.55. The molecule has 1 aromatic rings. The number of carbonyl (C=O) groups is 1. The first-order chi connectivity index (χ1) is 13.8. The Kier molecular flexibility index (Phi) is 5.45. The van der Waals surface area contributed by atoms with Crippen molar-refractivity contribution in [2.75, 3.05) is 0 Å². The maximum Gasteiger partial charge on any atom is 0.256 e. The number of nitrogens with one attached hydrogen (secondary N) is 1. The van der Waals surface area contributed by atoms with Crippen molar-refractivity contribution in [1.82, 2.24) is 5.43 Å². The molecule has 4 rings (SSSR count). The molecule has 0 bridgehead atoms. The first kappa shape index (κ1) is 20.4. The van der Waals surface area contributed by atoms with Gasteiger partial charge in [-0.1, -0.05) is 26.8 Å². The summed E-state index contributed by atoms with van der Waals surface area (Å²) in [7, 11) is 0. The Balaban J connectivity index is 1.49. The third kappa shape index (κ3) is 3.70. The summed E-state index contributed by atoms with van der Waals surface area (Å²) < 4.78 is 0. The van der Waals surface area contributed by atoms with Crippen LogP contribution in [0.3, 0.4) is 0 Å². The summed E-state index contributed by atoms with van der Waals surface area (Å²) in [5.74, 6) is 2.47. The zero-order valence-corrected chi connectivity index (χ0v) is 17.9. The fourth-order valence-electron chi connectivity index (χ4n) is 6.36. The molecule has 3 aliphatic carbocycles. The van der Waals surface area contributed by atoms with Crippen molar-refractivity contribution < 1.29 is 9.90 Å². The number of hydrogen-bond donors (Lipinski definition) is 3. The molecule has 158 valence electrons. The highest BCUT2D eigenvalue weighted by atomic mass is 16.3. The van der Waals surface area contributed by atoms with Crippen molar-refractivity contribution in [2.24, 2.45) is 34.0 Å². The first-order valence-electron chi connectivity index (χ1n) is 11.2. The molecule has 2 fully saturated rings. The van der Waals surface area contributed by atoms with Crippen LogP contribution in [0.4, 0.5) is 0 Å². The summed E-state index contributed by atoms with van der Waals surface area (Å²) in [6.07, 6.45) is 7.27. The van der Waals surface area contributed by atoms with E-state index in [4.69, 9.17) is 5.73 Å². The largest absolute Gasteiger partial charge is 0.508 e. The van der Waals surface area contributed by atoms with Crippen LogP contribution in [-0.4, -0.2) is 22.8 Å². The van der Waals surface area contributed by atoms with Crippen LogP contribution in [0.15, 0.2) is 23.3 Å². The van der Waals surface area contributed by atoms with Crippen LogP contribution in [0.1, 0.15) is 76.3 Å². The predicted octanol–water partition coefficient (Wildman–Crippen LogP) is 4.09. The topological polar surface area (TPSA) is 87.7 Å². The zero-order chi connectivity index (χ0) is 20.8. The molecular formula is C24H35N3O2. The molecule has 2 saturated carbocycles. The van der Waals surface area contributed by atoms with Crippen molar-refractivity contribution in [3.63, 3.8) is 0 Å². The van der Waals surface area contributed by atoms with E-state index in [1.165, 1.54) is 17.5 Å². The molecule has 5 atom stereocenters. The molecule has 4 N–H and O–H groups in total. The Hall–Kier alpha value is -1.88. The second-order valence-corrected chi connectivity index (χ2v) is 10.1. The lowest BCUT2D eigenvalue weighted by Crippen LogP contribution is -2.44. The number of hydrazone groups is 1. The van der Waals surface area contributed by atoms with Crippen LogP contribution in [-0.2, 0) is 11.2 Å². The average Bonchev–Trinajstić information content (AvgIpc) is 3.01. The van der Waals surface area contributed by atoms with Gasteiger partial charge in [0.2, 0.25) is 0 Å². The first-order valence-corrected chi connectivity index (χ1v) is 11.2. The van der Waals surface area contributed by atoms with E-state index in [9.17, 15) is 9.90 Å². The highest BCUT2D eigenvalue weighted by Crippen LogP contribution is 2.59. The number of phenols is 1. The van der Waals surface area contributed by atoms with E-state index in [-0.39, 0.29) is 11.3 Å². The van der Waals surface area contributed by atoms with Gasteiger partial charge in [0.15, 0.2) is 0 Å². The van der Waals surface area contributed by atoms with Gasteiger partial charge in [0, 0.05) is 11.1 Å². The summed E-state index contributed by atoms with van der Waals surface area (Å²) >= 11 is 0. The molecular weight excluding hydrogens is 362 g/mol. The van der Waals surface area contributed by atoms with Crippen LogP contribution in [0.25, 0.3) is 0 Å². The molecule has 0 saturated heterocycles. The minimum Gasteiger partial charge on any atom is -0.508 e. The Morgan fingerprint density at radius 2 is 2.10 bits per heavy atom. The standard InChI is InChI=1S/C24H35N3O2/c1-14(2)12-21(25)23(29)27-26-22-9-8-20-19-6-4-15-13-16(28)5-7-17(15)18(19)10-11-24(20,22)3/h5,7,13-14,18-21,28H,4,6,8-12,25H2,1-3H3,(H,27,29)/b26-22+/t18-,19-,20+,21+,24+/m1/s1. The van der Waals surface area contributed by atoms with Gasteiger partial charge >= 0.3 is 0 Å². The molecule has 1 amide bonds. The average molecular weight is 398 g/mol. The number of fused-ring (bicyclic) bond motifs is 5. The lowest BCUT2D eigenvalue weighted by Gasteiger charge is -2.49. The molecule has 3 aliphatic rings. The zero-order valence-electron chi connectivity index (χ0n) is 17.9. The number of aromatic hydroxyl groups is 1. The third-order valence-electron chi connectivity index (χ3n) is 7.81. The van der Waals surface area contributed by atoms with Gasteiger partial charge in [-0.05, 0) is 91.9 Å². The number of amides is 1. The number of phenolic OH excluding ortho intramolecular Hbond substituents is 1. The van der Waals surface area contributed by atoms with Crippen molar-refractivity contribution in [3.05, 3.63) is 29.3 Å². The number of nitrogens with two attached hydrogens (primary N) is 1. The van der Waals surface area contributed by atoms with Crippen molar-refractivity contribution >= 4 is 11.6 Å². The van der Waals surface area contributed by atoms with Gasteiger partial charge in [0.1, 0.15) is 5.75 Å². The smallest absolute Gasteiger partial charge is 0.256 e. The molecule has 5 nitrogen and oxygen atoms in total. The Bertz CT molecular complexity index is 818. The van der Waals surface area contributed by atoms with Crippen molar-refractivity contribution in [1.29, 1.82) is 0 Å². The molecule has 0 spiro atoms. The van der Waals surface area contributed by atoms with Gasteiger partial charge < -0.3 is 10.8 Å². The van der Waals surface area contributed by atoms with Crippen LogP contribution >= 0.6 is 0 Å². The summed E-state index contributed by atoms with van der Waals surface area (Å²) in [6.45, 7) is 6.50. The van der Waals surface area contributed by atoms with Crippen molar-refractivity contribution in [2.45, 2.75) is 77.7 Å². The molecule has 29 heavy (non-hydrogen) atoms. The fourth-order valence-corrected chi connectivity index (χ4v) is 6.36. The summed E-state index contributed by atoms with van der Waals surface area (Å²) in [5.41, 5.74) is 12.8. The van der Waals surface area contributed by atoms with Crippen LogP contribution < -0.4 is 11.2 Å². The molecule has 0 radical (unpaired) electrons. The maximum atomic E-state index is 12.3. The molecule has 1 aromatic carbocycles. The normalized spacial score (nSPS) is 33.1. The quantitative estimate of drug-likeness (QED) is 0.669. The highest BCUT2D eigenvalue weighted by Gasteiger charge is 2.53. The van der Waals surface area contributed by atoms with Gasteiger partial charge in [-0.2, -0.15) is 5.10 Å². The Morgan fingerprint density at radius 3 is 2.86 bits per heavy atom. The van der Waals surface area contributed by atoms with Crippen LogP contribution in [0.2, 0.25) is 0 Å². The summed E-state index contributed by atoms with van der Waals surface area (Å²) in [5, 5.41) is 14.4. The third-order valence-corrected chi connectivity index (χ3v) is 7.81. The van der Waals surface area contributed by atoms with Gasteiger partial charge in [-0.25, -0.2) is 5.43 Å². The van der Waals surface area contributed by atoms with Gasteiger partial charge in [0.05, 0.1) is 6.04 Å². The van der Waals surface area contributed by atoms with Gasteiger partial charge in [0.25, 0.3) is 5.91 Å². The van der Waals surface area contributed by atoms with E-state index in [1.807, 2.05) is 12.1 Å². The van der Waals surface area contributed by atoms with E-state index >= 15 is 0 Å². The molecule has 5 heteroatoms. The summed E-state index contributed by atoms with van der Waals surface area (Å²) in [6, 6.07) is 5.44. The molecule has 0 heterocycles. The van der Waals surface area contributed by atoms with Gasteiger partial charge in [-0.15, -0.1) is 0 Å². The lowest BCUT2D eigenvalue weighted by molar-refractivity contribution is -0.122. The highest BCUT2D eigenvalue weighted by molar-refractivity contribution is 5.93. The SMILES string of the molecule is CC(C)C[C@H](N)C(=O)N/N=C1\CC[C@H]2[C@@H]3CCc4cc(O)ccc4[C@H]3CC[C@]12C. The predicted molar refractivity (Wildman–Crippen MR) is 116 cm³/mol. The fraction of sp³-hybridized carbons (Fsp3) is 0.667. The number of nitrogens with zero attached hydrogens (tertiary/aromatic N) is 1. The van der Waals surface area contributed by atoms with E-state index in [0.29, 0.717) is 35.8 Å². The minimum absolute atomic E-state index is 0.0744. The number of hydrogen-bond acceptors (Lipinski definition) is 4. The number of benzene rings is 1. The summed E-state index contributed by atoms with van der Waals surface area (Å²) in [4.78, 5) is 12.3. The second kappa shape index (κ2) is 7.75. The number of rotatable bonds is 4. The number of carbonyl (C=O) groups excluding carboxylic acids is 1. The maximum absolute atomic E-state index is 12.3. The Morgan fingerprint density at radius 1 is 1.31 bits per heavy atom. The molecule has 0 aliphatic heterocycles. The molecule has 0 unspecified atom stereocenters. The minimum atomic E-state index is -0.494. The van der Waals surface area contributed by atoms with E-state index in [1.54, 1.807) is 0 Å². The van der Waals surface area contributed by atoms with E-state index in [2.05, 4.69) is 37.4 Å². The van der Waals surface area contributed by atoms with Gasteiger partial charge in [-0.3, -0.25) is 4.79 Å².